The van der Waals surface area contributed by atoms with Crippen molar-refractivity contribution in [2.75, 3.05) is 5.73 Å². The molecule has 2 heterocycles. The minimum Gasteiger partial charge on any atom is -0.442 e. The number of nitriles is 1. The first kappa shape index (κ1) is 11.0. The number of hydrogen-bond acceptors (Lipinski definition) is 6. The summed E-state index contributed by atoms with van der Waals surface area (Å²) < 4.78 is 11.0. The van der Waals surface area contributed by atoms with Crippen LogP contribution in [0.2, 0.25) is 0 Å². The number of aromatic nitrogens is 2. The number of benzene rings is 1. The average Bonchev–Trinajstić information content (AvgIpc) is 2.77. The zero-order chi connectivity index (χ0) is 13.2. The molecule has 2 N–H and O–H groups in total. The molecule has 0 spiro atoms. The number of hydrogen-bond donors (Lipinski definition) is 1. The summed E-state index contributed by atoms with van der Waals surface area (Å²) in [5.41, 5.74) is 6.13. The van der Waals surface area contributed by atoms with Gasteiger partial charge in [-0.1, -0.05) is 12.1 Å². The largest absolute Gasteiger partial charge is 0.442 e. The van der Waals surface area contributed by atoms with Gasteiger partial charge in [0.15, 0.2) is 5.75 Å². The molecule has 0 bridgehead atoms. The van der Waals surface area contributed by atoms with Crippen LogP contribution in [0.1, 0.15) is 5.76 Å². The molecule has 0 atom stereocenters. The SMILES string of the molecule is N#Cc1oc2ccccc2c1Oc1cc(N)ncn1. The van der Waals surface area contributed by atoms with Crippen molar-refractivity contribution in [3.8, 4) is 17.7 Å². The molecule has 6 nitrogen and oxygen atoms in total. The van der Waals surface area contributed by atoms with Crippen LogP contribution in [-0.2, 0) is 0 Å². The number of nitrogen functional groups attached to an aromatic ring is 1. The molecule has 3 aromatic rings. The van der Waals surface area contributed by atoms with E-state index in [1.54, 1.807) is 12.1 Å². The van der Waals surface area contributed by atoms with Crippen LogP contribution in [-0.4, -0.2) is 9.97 Å². The number of nitrogens with zero attached hydrogens (tertiary/aromatic N) is 3. The molecule has 2 aromatic heterocycles. The molecular weight excluding hydrogens is 244 g/mol. The van der Waals surface area contributed by atoms with E-state index in [4.69, 9.17) is 20.1 Å². The third-order valence-corrected chi connectivity index (χ3v) is 2.52. The molecule has 1 aromatic carbocycles. The maximum absolute atomic E-state index is 9.07. The predicted molar refractivity (Wildman–Crippen MR) is 67.4 cm³/mol. The lowest BCUT2D eigenvalue weighted by molar-refractivity contribution is 0.449. The summed E-state index contributed by atoms with van der Waals surface area (Å²) in [4.78, 5) is 7.70. The van der Waals surface area contributed by atoms with Crippen molar-refractivity contribution in [1.82, 2.24) is 9.97 Å². The van der Waals surface area contributed by atoms with Crippen molar-refractivity contribution >= 4 is 16.8 Å². The second-order valence-electron chi connectivity index (χ2n) is 3.75. The van der Waals surface area contributed by atoms with Gasteiger partial charge in [-0.3, -0.25) is 0 Å². The van der Waals surface area contributed by atoms with Gasteiger partial charge in [0.2, 0.25) is 11.6 Å². The summed E-state index contributed by atoms with van der Waals surface area (Å²) in [6.07, 6.45) is 1.29. The monoisotopic (exact) mass is 252 g/mol. The summed E-state index contributed by atoms with van der Waals surface area (Å²) in [6, 6.07) is 10.6. The normalized spacial score (nSPS) is 10.3. The first-order chi connectivity index (χ1) is 9.28. The number of para-hydroxylation sites is 1. The number of anilines is 1. The van der Waals surface area contributed by atoms with Crippen molar-refractivity contribution in [3.05, 3.63) is 42.4 Å². The van der Waals surface area contributed by atoms with Gasteiger partial charge in [0.05, 0.1) is 5.39 Å². The highest BCUT2D eigenvalue weighted by Crippen LogP contribution is 2.35. The maximum atomic E-state index is 9.07. The summed E-state index contributed by atoms with van der Waals surface area (Å²) in [7, 11) is 0. The van der Waals surface area contributed by atoms with Gasteiger partial charge in [-0.15, -0.1) is 0 Å². The van der Waals surface area contributed by atoms with Crippen molar-refractivity contribution in [1.29, 1.82) is 5.26 Å². The number of furan rings is 1. The lowest BCUT2D eigenvalue weighted by atomic mass is 10.2. The van der Waals surface area contributed by atoms with Gasteiger partial charge in [0.25, 0.3) is 0 Å². The molecule has 0 radical (unpaired) electrons. The Bertz CT molecular complexity index is 789. The zero-order valence-electron chi connectivity index (χ0n) is 9.70. The molecule has 19 heavy (non-hydrogen) atoms. The van der Waals surface area contributed by atoms with E-state index in [0.29, 0.717) is 16.7 Å². The van der Waals surface area contributed by atoms with Gasteiger partial charge in [-0.05, 0) is 12.1 Å². The van der Waals surface area contributed by atoms with Gasteiger partial charge in [-0.2, -0.15) is 5.26 Å². The number of rotatable bonds is 2. The number of ether oxygens (including phenoxy) is 1. The van der Waals surface area contributed by atoms with E-state index in [1.165, 1.54) is 12.4 Å². The lowest BCUT2D eigenvalue weighted by Crippen LogP contribution is -1.94. The summed E-state index contributed by atoms with van der Waals surface area (Å²) in [6.45, 7) is 0. The van der Waals surface area contributed by atoms with E-state index >= 15 is 0 Å². The third-order valence-electron chi connectivity index (χ3n) is 2.52. The first-order valence-electron chi connectivity index (χ1n) is 5.45. The van der Waals surface area contributed by atoms with E-state index in [2.05, 4.69) is 9.97 Å². The van der Waals surface area contributed by atoms with Gasteiger partial charge in [0.1, 0.15) is 23.8 Å². The predicted octanol–water partition coefficient (Wildman–Crippen LogP) is 2.47. The van der Waals surface area contributed by atoms with Crippen LogP contribution in [0.15, 0.2) is 41.1 Å². The molecule has 0 aliphatic rings. The summed E-state index contributed by atoms with van der Waals surface area (Å²) in [5.74, 6) is 0.974. The Morgan fingerprint density at radius 2 is 2.11 bits per heavy atom. The van der Waals surface area contributed by atoms with Crippen molar-refractivity contribution in [2.24, 2.45) is 0 Å². The molecule has 0 saturated heterocycles. The van der Waals surface area contributed by atoms with E-state index in [1.807, 2.05) is 18.2 Å². The second-order valence-corrected chi connectivity index (χ2v) is 3.75. The highest BCUT2D eigenvalue weighted by molar-refractivity contribution is 5.86. The molecule has 0 saturated carbocycles. The van der Waals surface area contributed by atoms with Gasteiger partial charge in [0, 0.05) is 6.07 Å². The third kappa shape index (κ3) is 1.93. The molecule has 0 aliphatic heterocycles. The molecule has 0 unspecified atom stereocenters. The molecule has 92 valence electrons. The minimum absolute atomic E-state index is 0.0957. The highest BCUT2D eigenvalue weighted by atomic mass is 16.5. The maximum Gasteiger partial charge on any atom is 0.247 e. The minimum atomic E-state index is 0.0957. The number of nitrogens with two attached hydrogens (primary N) is 1. The van der Waals surface area contributed by atoms with Crippen LogP contribution in [0, 0.1) is 11.3 Å². The Labute approximate surface area is 108 Å². The van der Waals surface area contributed by atoms with Crippen molar-refractivity contribution in [3.63, 3.8) is 0 Å². The van der Waals surface area contributed by atoms with Crippen LogP contribution >= 0.6 is 0 Å². The Kier molecular flexibility index (Phi) is 2.50. The zero-order valence-corrected chi connectivity index (χ0v) is 9.70. The highest BCUT2D eigenvalue weighted by Gasteiger charge is 2.16. The first-order valence-corrected chi connectivity index (χ1v) is 5.45. The second kappa shape index (κ2) is 4.31. The molecule has 0 amide bonds. The number of fused-ring (bicyclic) bond motifs is 1. The Morgan fingerprint density at radius 1 is 1.26 bits per heavy atom. The smallest absolute Gasteiger partial charge is 0.247 e. The molecule has 0 aliphatic carbocycles. The molecule has 3 rings (SSSR count). The van der Waals surface area contributed by atoms with Gasteiger partial charge < -0.3 is 14.9 Å². The van der Waals surface area contributed by atoms with Crippen LogP contribution in [0.5, 0.6) is 11.6 Å². The Morgan fingerprint density at radius 3 is 2.89 bits per heavy atom. The van der Waals surface area contributed by atoms with Crippen molar-refractivity contribution < 1.29 is 9.15 Å². The van der Waals surface area contributed by atoms with Crippen LogP contribution in [0.4, 0.5) is 5.82 Å². The van der Waals surface area contributed by atoms with Gasteiger partial charge in [-0.25, -0.2) is 9.97 Å². The fourth-order valence-electron chi connectivity index (χ4n) is 1.71. The fourth-order valence-corrected chi connectivity index (χ4v) is 1.71. The quantitative estimate of drug-likeness (QED) is 0.752. The topological polar surface area (TPSA) is 98.0 Å². The fraction of sp³-hybridized carbons (Fsp3) is 0. The average molecular weight is 252 g/mol. The molecule has 0 fully saturated rings. The molecule has 6 heteroatoms. The Hall–Kier alpha value is -3.07. The van der Waals surface area contributed by atoms with Crippen LogP contribution < -0.4 is 10.5 Å². The summed E-state index contributed by atoms with van der Waals surface area (Å²) >= 11 is 0. The standard InChI is InChI=1S/C13H8N4O2/c14-6-10-13(8-3-1-2-4-9(8)18-10)19-12-5-11(15)16-7-17-12/h1-5,7H,(H2,15,16,17). The van der Waals surface area contributed by atoms with Crippen molar-refractivity contribution in [2.45, 2.75) is 0 Å². The van der Waals surface area contributed by atoms with Crippen LogP contribution in [0.3, 0.4) is 0 Å². The van der Waals surface area contributed by atoms with E-state index in [0.717, 1.165) is 0 Å². The Balaban J connectivity index is 2.12. The lowest BCUT2D eigenvalue weighted by Gasteiger charge is -2.02. The summed E-state index contributed by atoms with van der Waals surface area (Å²) in [5, 5.41) is 9.78. The van der Waals surface area contributed by atoms with E-state index in [9.17, 15) is 0 Å². The van der Waals surface area contributed by atoms with E-state index in [-0.39, 0.29) is 17.5 Å². The van der Waals surface area contributed by atoms with E-state index < -0.39 is 0 Å². The molecular formula is C13H8N4O2. The van der Waals surface area contributed by atoms with Crippen LogP contribution in [0.25, 0.3) is 11.0 Å². The van der Waals surface area contributed by atoms with Gasteiger partial charge >= 0.3 is 0 Å².